The number of aromatic nitrogens is 3. The summed E-state index contributed by atoms with van der Waals surface area (Å²) in [6.45, 7) is 4.82. The standard InChI is InChI=1S/C23H23N5O2/c1-17(29)23-25-9-11-28(23)16-21-12-22(30-26-21)20-7-5-18(6-8-20)4-2-3-10-27-14-19(13-24)15-27/h5-9,11-12,17,19,29H,3,10,14-16H2,1H3/t17-/m0/s1. The van der Waals surface area contributed by atoms with Gasteiger partial charge in [0.1, 0.15) is 17.6 Å². The summed E-state index contributed by atoms with van der Waals surface area (Å²) >= 11 is 0. The smallest absolute Gasteiger partial charge is 0.167 e. The van der Waals surface area contributed by atoms with Crippen LogP contribution in [0.25, 0.3) is 11.3 Å². The molecule has 3 aromatic rings. The Balaban J connectivity index is 1.33. The molecule has 2 aromatic heterocycles. The quantitative estimate of drug-likeness (QED) is 0.639. The number of benzene rings is 1. The lowest BCUT2D eigenvalue weighted by Crippen LogP contribution is -2.46. The molecular weight excluding hydrogens is 378 g/mol. The van der Waals surface area contributed by atoms with Gasteiger partial charge in [0.25, 0.3) is 0 Å². The van der Waals surface area contributed by atoms with Crippen molar-refractivity contribution in [2.45, 2.75) is 26.0 Å². The molecule has 30 heavy (non-hydrogen) atoms. The average Bonchev–Trinajstić information content (AvgIpc) is 3.37. The average molecular weight is 401 g/mol. The van der Waals surface area contributed by atoms with Gasteiger partial charge in [-0.3, -0.25) is 4.90 Å². The molecule has 7 heteroatoms. The molecule has 1 aromatic carbocycles. The van der Waals surface area contributed by atoms with Crippen molar-refractivity contribution in [1.29, 1.82) is 5.26 Å². The first-order valence-corrected chi connectivity index (χ1v) is 9.98. The molecule has 1 aliphatic heterocycles. The zero-order valence-electron chi connectivity index (χ0n) is 16.8. The van der Waals surface area contributed by atoms with Crippen molar-refractivity contribution < 1.29 is 9.63 Å². The van der Waals surface area contributed by atoms with Crippen molar-refractivity contribution in [1.82, 2.24) is 19.6 Å². The third-order valence-electron chi connectivity index (χ3n) is 5.11. The van der Waals surface area contributed by atoms with Gasteiger partial charge >= 0.3 is 0 Å². The molecule has 1 N–H and O–H groups in total. The van der Waals surface area contributed by atoms with Crippen LogP contribution in [0.15, 0.2) is 47.2 Å². The van der Waals surface area contributed by atoms with Crippen LogP contribution in [0.5, 0.6) is 0 Å². The maximum absolute atomic E-state index is 9.77. The van der Waals surface area contributed by atoms with Crippen molar-refractivity contribution in [2.75, 3.05) is 19.6 Å². The van der Waals surface area contributed by atoms with Crippen LogP contribution >= 0.6 is 0 Å². The van der Waals surface area contributed by atoms with Gasteiger partial charge in [-0.2, -0.15) is 5.26 Å². The van der Waals surface area contributed by atoms with Crippen molar-refractivity contribution in [3.8, 4) is 29.2 Å². The molecule has 7 nitrogen and oxygen atoms in total. The molecule has 4 rings (SSSR count). The van der Waals surface area contributed by atoms with Crippen LogP contribution in [0.1, 0.15) is 36.5 Å². The first-order valence-electron chi connectivity index (χ1n) is 9.98. The number of likely N-dealkylation sites (tertiary alicyclic amines) is 1. The Labute approximate surface area is 175 Å². The van der Waals surface area contributed by atoms with Crippen LogP contribution in [0, 0.1) is 29.1 Å². The van der Waals surface area contributed by atoms with E-state index in [2.05, 4.69) is 33.0 Å². The summed E-state index contributed by atoms with van der Waals surface area (Å²) in [5.74, 6) is 7.86. The highest BCUT2D eigenvalue weighted by Crippen LogP contribution is 2.22. The van der Waals surface area contributed by atoms with Crippen molar-refractivity contribution in [3.63, 3.8) is 0 Å². The molecule has 0 unspecified atom stereocenters. The van der Waals surface area contributed by atoms with Crippen LogP contribution < -0.4 is 0 Å². The summed E-state index contributed by atoms with van der Waals surface area (Å²) < 4.78 is 7.34. The van der Waals surface area contributed by atoms with E-state index in [1.165, 1.54) is 0 Å². The van der Waals surface area contributed by atoms with Gasteiger partial charge in [-0.05, 0) is 31.2 Å². The molecule has 1 aliphatic rings. The maximum atomic E-state index is 9.77. The molecule has 0 amide bonds. The molecule has 0 bridgehead atoms. The number of aliphatic hydroxyl groups excluding tert-OH is 1. The van der Waals surface area contributed by atoms with E-state index in [0.29, 0.717) is 18.1 Å². The van der Waals surface area contributed by atoms with Gasteiger partial charge in [-0.1, -0.05) is 17.0 Å². The Morgan fingerprint density at radius 3 is 2.83 bits per heavy atom. The molecule has 1 fully saturated rings. The second-order valence-corrected chi connectivity index (χ2v) is 7.49. The predicted molar refractivity (Wildman–Crippen MR) is 111 cm³/mol. The fraction of sp³-hybridized carbons (Fsp3) is 0.348. The van der Waals surface area contributed by atoms with E-state index in [1.807, 2.05) is 41.1 Å². The summed E-state index contributed by atoms with van der Waals surface area (Å²) in [6, 6.07) is 12.1. The van der Waals surface area contributed by atoms with Gasteiger partial charge in [0.2, 0.25) is 0 Å². The maximum Gasteiger partial charge on any atom is 0.167 e. The Bertz CT molecular complexity index is 1090. The van der Waals surface area contributed by atoms with E-state index < -0.39 is 6.10 Å². The molecule has 3 heterocycles. The third-order valence-corrected chi connectivity index (χ3v) is 5.11. The van der Waals surface area contributed by atoms with Gasteiger partial charge in [0, 0.05) is 55.6 Å². The molecule has 1 saturated heterocycles. The minimum atomic E-state index is -0.639. The topological polar surface area (TPSA) is 91.1 Å². The second-order valence-electron chi connectivity index (χ2n) is 7.49. The predicted octanol–water partition coefficient (Wildman–Crippen LogP) is 2.84. The lowest BCUT2D eigenvalue weighted by Gasteiger charge is -2.34. The number of hydrogen-bond donors (Lipinski definition) is 1. The monoisotopic (exact) mass is 401 g/mol. The number of imidazole rings is 1. The first-order chi connectivity index (χ1) is 14.6. The van der Waals surface area contributed by atoms with Gasteiger partial charge < -0.3 is 14.2 Å². The zero-order valence-corrected chi connectivity index (χ0v) is 16.8. The molecular formula is C23H23N5O2. The van der Waals surface area contributed by atoms with E-state index in [4.69, 9.17) is 9.78 Å². The fourth-order valence-corrected chi connectivity index (χ4v) is 3.45. The van der Waals surface area contributed by atoms with Crippen molar-refractivity contribution in [2.24, 2.45) is 5.92 Å². The Kier molecular flexibility index (Phi) is 5.94. The highest BCUT2D eigenvalue weighted by atomic mass is 16.5. The van der Waals surface area contributed by atoms with E-state index in [1.54, 1.807) is 13.1 Å². The highest BCUT2D eigenvalue weighted by Gasteiger charge is 2.25. The number of rotatable bonds is 6. The van der Waals surface area contributed by atoms with E-state index >= 15 is 0 Å². The van der Waals surface area contributed by atoms with Crippen molar-refractivity contribution >= 4 is 0 Å². The van der Waals surface area contributed by atoms with E-state index in [-0.39, 0.29) is 5.92 Å². The normalized spacial score (nSPS) is 15.1. The summed E-state index contributed by atoms with van der Waals surface area (Å²) in [5.41, 5.74) is 2.65. The fourth-order valence-electron chi connectivity index (χ4n) is 3.45. The number of nitriles is 1. The lowest BCUT2D eigenvalue weighted by atomic mass is 10.0. The van der Waals surface area contributed by atoms with Gasteiger partial charge in [0.05, 0.1) is 18.5 Å². The molecule has 1 atom stereocenters. The SMILES string of the molecule is C[C@H](O)c1nccn1Cc1cc(-c2ccc(C#CCCN3CC(C#N)C3)cc2)on1. The van der Waals surface area contributed by atoms with Crippen LogP contribution in [0.2, 0.25) is 0 Å². The summed E-state index contributed by atoms with van der Waals surface area (Å²) in [5, 5.41) is 22.7. The van der Waals surface area contributed by atoms with Gasteiger partial charge in [0.15, 0.2) is 5.76 Å². The Morgan fingerprint density at radius 1 is 1.30 bits per heavy atom. The number of aliphatic hydroxyl groups is 1. The van der Waals surface area contributed by atoms with Gasteiger partial charge in [-0.15, -0.1) is 0 Å². The lowest BCUT2D eigenvalue weighted by molar-refractivity contribution is 0.139. The minimum absolute atomic E-state index is 0.197. The number of hydrogen-bond acceptors (Lipinski definition) is 6. The van der Waals surface area contributed by atoms with Crippen LogP contribution in [0.4, 0.5) is 0 Å². The molecule has 0 radical (unpaired) electrons. The first kappa shape index (κ1) is 19.9. The van der Waals surface area contributed by atoms with E-state index in [9.17, 15) is 5.11 Å². The highest BCUT2D eigenvalue weighted by molar-refractivity contribution is 5.59. The minimum Gasteiger partial charge on any atom is -0.385 e. The van der Waals surface area contributed by atoms with Crippen LogP contribution in [0.3, 0.4) is 0 Å². The van der Waals surface area contributed by atoms with E-state index in [0.717, 1.165) is 42.9 Å². The second kappa shape index (κ2) is 8.96. The van der Waals surface area contributed by atoms with Crippen LogP contribution in [-0.4, -0.2) is 44.3 Å². The third kappa shape index (κ3) is 4.60. The summed E-state index contributed by atoms with van der Waals surface area (Å²) in [4.78, 5) is 6.42. The summed E-state index contributed by atoms with van der Waals surface area (Å²) in [6.07, 6.45) is 3.64. The van der Waals surface area contributed by atoms with Crippen molar-refractivity contribution in [3.05, 3.63) is 59.8 Å². The van der Waals surface area contributed by atoms with Crippen LogP contribution in [-0.2, 0) is 6.54 Å². The number of nitrogens with zero attached hydrogens (tertiary/aromatic N) is 5. The Hall–Kier alpha value is -3.39. The molecule has 0 aliphatic carbocycles. The Morgan fingerprint density at radius 2 is 2.10 bits per heavy atom. The zero-order chi connectivity index (χ0) is 20.9. The largest absolute Gasteiger partial charge is 0.385 e. The molecule has 0 saturated carbocycles. The molecule has 0 spiro atoms. The van der Waals surface area contributed by atoms with Gasteiger partial charge in [-0.25, -0.2) is 4.98 Å². The summed E-state index contributed by atoms with van der Waals surface area (Å²) in [7, 11) is 0. The molecule has 152 valence electrons.